The first-order valence-electron chi connectivity index (χ1n) is 5.89. The predicted molar refractivity (Wildman–Crippen MR) is 77.9 cm³/mol. The number of hydrogen-bond acceptors (Lipinski definition) is 2. The fourth-order valence-corrected chi connectivity index (χ4v) is 2.95. The minimum Gasteiger partial charge on any atom is -0.356 e. The summed E-state index contributed by atoms with van der Waals surface area (Å²) < 4.78 is 0.885. The van der Waals surface area contributed by atoms with E-state index < -0.39 is 0 Å². The number of aromatic nitrogens is 1. The number of nitrogens with one attached hydrogen (secondary N) is 2. The molecular formula is C13H15BrN2OS. The average Bonchev–Trinajstić information content (AvgIpc) is 2.98. The van der Waals surface area contributed by atoms with Crippen molar-refractivity contribution in [2.45, 2.75) is 25.8 Å². The zero-order valence-corrected chi connectivity index (χ0v) is 12.5. The summed E-state index contributed by atoms with van der Waals surface area (Å²) in [5, 5.41) is 5.11. The van der Waals surface area contributed by atoms with Crippen LogP contribution in [0.25, 0.3) is 0 Å². The second-order valence-corrected chi connectivity index (χ2v) is 5.96. The van der Waals surface area contributed by atoms with Gasteiger partial charge in [-0.25, -0.2) is 0 Å². The quantitative estimate of drug-likeness (QED) is 0.853. The van der Waals surface area contributed by atoms with Crippen molar-refractivity contribution in [3.63, 3.8) is 0 Å². The topological polar surface area (TPSA) is 44.9 Å². The maximum atomic E-state index is 12.1. The van der Waals surface area contributed by atoms with Crippen LogP contribution in [0.4, 0.5) is 0 Å². The lowest BCUT2D eigenvalue weighted by atomic mass is 10.1. The summed E-state index contributed by atoms with van der Waals surface area (Å²) >= 11 is 5.01. The van der Waals surface area contributed by atoms with Crippen molar-refractivity contribution in [1.82, 2.24) is 10.3 Å². The zero-order chi connectivity index (χ0) is 13.0. The fraction of sp³-hybridized carbons (Fsp3) is 0.308. The van der Waals surface area contributed by atoms with E-state index in [1.165, 1.54) is 4.88 Å². The lowest BCUT2D eigenvalue weighted by molar-refractivity contribution is 0.0931. The second-order valence-electron chi connectivity index (χ2n) is 4.06. The summed E-state index contributed by atoms with van der Waals surface area (Å²) in [5.74, 6) is -0.0625. The number of H-pyrrole nitrogens is 1. The summed E-state index contributed by atoms with van der Waals surface area (Å²) in [6.45, 7) is 2.12. The SMILES string of the molecule is CCCC(NC(=O)c1cc(Br)c[nH]1)c1cccs1. The standard InChI is InChI=1S/C13H15BrN2OS/c1-2-4-10(12-5-3-6-18-12)16-13(17)11-7-9(14)8-15-11/h3,5-8,10,15H,2,4H2,1H3,(H,16,17). The van der Waals surface area contributed by atoms with Crippen molar-refractivity contribution in [2.75, 3.05) is 0 Å². The molecule has 0 saturated heterocycles. The molecule has 0 radical (unpaired) electrons. The van der Waals surface area contributed by atoms with E-state index in [-0.39, 0.29) is 11.9 Å². The number of amides is 1. The normalized spacial score (nSPS) is 12.3. The highest BCUT2D eigenvalue weighted by molar-refractivity contribution is 9.10. The molecule has 1 unspecified atom stereocenters. The molecule has 0 spiro atoms. The van der Waals surface area contributed by atoms with Gasteiger partial charge in [-0.2, -0.15) is 0 Å². The number of halogens is 1. The summed E-state index contributed by atoms with van der Waals surface area (Å²) in [4.78, 5) is 16.2. The number of carbonyl (C=O) groups excluding carboxylic acids is 1. The van der Waals surface area contributed by atoms with Crippen LogP contribution < -0.4 is 5.32 Å². The smallest absolute Gasteiger partial charge is 0.268 e. The van der Waals surface area contributed by atoms with Crippen molar-refractivity contribution in [2.24, 2.45) is 0 Å². The molecule has 0 aliphatic heterocycles. The maximum Gasteiger partial charge on any atom is 0.268 e. The lowest BCUT2D eigenvalue weighted by Gasteiger charge is -2.16. The Kier molecular flexibility index (Phi) is 4.60. The molecule has 96 valence electrons. The Morgan fingerprint density at radius 3 is 3.00 bits per heavy atom. The molecule has 0 bridgehead atoms. The summed E-state index contributed by atoms with van der Waals surface area (Å²) in [5.41, 5.74) is 0.583. The van der Waals surface area contributed by atoms with Gasteiger partial charge in [-0.05, 0) is 39.9 Å². The molecule has 1 atom stereocenters. The van der Waals surface area contributed by atoms with Gasteiger partial charge in [0.05, 0.1) is 6.04 Å². The molecule has 0 aromatic carbocycles. The van der Waals surface area contributed by atoms with Gasteiger partial charge in [0.1, 0.15) is 5.69 Å². The first kappa shape index (κ1) is 13.4. The minimum absolute atomic E-state index is 0.0625. The number of hydrogen-bond donors (Lipinski definition) is 2. The van der Waals surface area contributed by atoms with Crippen molar-refractivity contribution in [3.05, 3.63) is 44.8 Å². The number of aromatic amines is 1. The Morgan fingerprint density at radius 2 is 2.44 bits per heavy atom. The average molecular weight is 327 g/mol. The van der Waals surface area contributed by atoms with Crippen molar-refractivity contribution >= 4 is 33.2 Å². The van der Waals surface area contributed by atoms with Gasteiger partial charge < -0.3 is 10.3 Å². The molecule has 2 N–H and O–H groups in total. The Morgan fingerprint density at radius 1 is 1.61 bits per heavy atom. The maximum absolute atomic E-state index is 12.1. The van der Waals surface area contributed by atoms with E-state index in [2.05, 4.69) is 39.2 Å². The summed E-state index contributed by atoms with van der Waals surface area (Å²) in [6, 6.07) is 5.97. The van der Waals surface area contributed by atoms with Gasteiger partial charge >= 0.3 is 0 Å². The first-order valence-corrected chi connectivity index (χ1v) is 7.56. The van der Waals surface area contributed by atoms with Crippen molar-refractivity contribution in [1.29, 1.82) is 0 Å². The van der Waals surface area contributed by atoms with E-state index in [1.807, 2.05) is 11.4 Å². The number of rotatable bonds is 5. The van der Waals surface area contributed by atoms with Crippen LogP contribution in [0, 0.1) is 0 Å². The molecule has 18 heavy (non-hydrogen) atoms. The Hall–Kier alpha value is -1.07. The zero-order valence-electron chi connectivity index (χ0n) is 10.1. The van der Waals surface area contributed by atoms with Gasteiger partial charge in [-0.15, -0.1) is 11.3 Å². The van der Waals surface area contributed by atoms with Crippen molar-refractivity contribution in [3.8, 4) is 0 Å². The highest BCUT2D eigenvalue weighted by Crippen LogP contribution is 2.23. The highest BCUT2D eigenvalue weighted by Gasteiger charge is 2.16. The Bertz CT molecular complexity index is 507. The molecule has 1 amide bonds. The molecule has 3 nitrogen and oxygen atoms in total. The lowest BCUT2D eigenvalue weighted by Crippen LogP contribution is -2.28. The molecule has 2 aromatic heterocycles. The third-order valence-electron chi connectivity index (χ3n) is 2.66. The van der Waals surface area contributed by atoms with E-state index in [0.717, 1.165) is 17.3 Å². The van der Waals surface area contributed by atoms with Crippen LogP contribution in [-0.2, 0) is 0 Å². The third kappa shape index (κ3) is 3.23. The third-order valence-corrected chi connectivity index (χ3v) is 4.11. The molecule has 2 heterocycles. The van der Waals surface area contributed by atoms with Gasteiger partial charge in [0.25, 0.3) is 5.91 Å². The molecule has 0 aliphatic carbocycles. The van der Waals surface area contributed by atoms with Gasteiger partial charge in [-0.3, -0.25) is 4.79 Å². The van der Waals surface area contributed by atoms with Crippen LogP contribution in [0.15, 0.2) is 34.2 Å². The van der Waals surface area contributed by atoms with E-state index in [1.54, 1.807) is 23.6 Å². The predicted octanol–water partition coefficient (Wildman–Crippen LogP) is 4.11. The number of thiophene rings is 1. The molecule has 5 heteroatoms. The Balaban J connectivity index is 2.07. The monoisotopic (exact) mass is 326 g/mol. The van der Waals surface area contributed by atoms with Crippen LogP contribution in [0.2, 0.25) is 0 Å². The molecule has 0 fully saturated rings. The largest absolute Gasteiger partial charge is 0.356 e. The molecule has 2 rings (SSSR count). The Labute approximate surface area is 119 Å². The van der Waals surface area contributed by atoms with Gasteiger partial charge in [-0.1, -0.05) is 19.4 Å². The van der Waals surface area contributed by atoms with Gasteiger partial charge in [0.15, 0.2) is 0 Å². The second kappa shape index (κ2) is 6.20. The molecule has 0 aliphatic rings. The van der Waals surface area contributed by atoms with Crippen molar-refractivity contribution < 1.29 is 4.79 Å². The van der Waals surface area contributed by atoms with E-state index in [9.17, 15) is 4.79 Å². The summed E-state index contributed by atoms with van der Waals surface area (Å²) in [7, 11) is 0. The van der Waals surface area contributed by atoms with Crippen LogP contribution in [0.3, 0.4) is 0 Å². The van der Waals surface area contributed by atoms with Crippen LogP contribution in [0.1, 0.15) is 41.2 Å². The first-order chi connectivity index (χ1) is 8.70. The van der Waals surface area contributed by atoms with E-state index in [4.69, 9.17) is 0 Å². The molecular weight excluding hydrogens is 312 g/mol. The van der Waals surface area contributed by atoms with E-state index in [0.29, 0.717) is 5.69 Å². The van der Waals surface area contributed by atoms with Crippen LogP contribution >= 0.6 is 27.3 Å². The van der Waals surface area contributed by atoms with Crippen LogP contribution in [0.5, 0.6) is 0 Å². The molecule has 0 saturated carbocycles. The highest BCUT2D eigenvalue weighted by atomic mass is 79.9. The fourth-order valence-electron chi connectivity index (χ4n) is 1.80. The van der Waals surface area contributed by atoms with Gasteiger partial charge in [0.2, 0.25) is 0 Å². The summed E-state index contributed by atoms with van der Waals surface area (Å²) in [6.07, 6.45) is 3.75. The van der Waals surface area contributed by atoms with Gasteiger partial charge in [0, 0.05) is 15.5 Å². The molecule has 2 aromatic rings. The number of carbonyl (C=O) groups is 1. The minimum atomic E-state index is -0.0625. The van der Waals surface area contributed by atoms with E-state index >= 15 is 0 Å². The van der Waals surface area contributed by atoms with Crippen LogP contribution in [-0.4, -0.2) is 10.9 Å².